The van der Waals surface area contributed by atoms with Crippen molar-refractivity contribution in [2.24, 2.45) is 0 Å². The fraction of sp³-hybridized carbons (Fsp3) is 0.308. The van der Waals surface area contributed by atoms with Gasteiger partial charge < -0.3 is 10.2 Å². The summed E-state index contributed by atoms with van der Waals surface area (Å²) in [7, 11) is 0. The topological polar surface area (TPSA) is 58.4 Å². The molecule has 102 valence electrons. The minimum absolute atomic E-state index is 0.0609. The zero-order valence-corrected chi connectivity index (χ0v) is 11.9. The SMILES string of the molecule is C=C(C)CN(CC)C(=S)Nc1ccc([N+](=O)[O-])cc1. The third kappa shape index (κ3) is 4.67. The van der Waals surface area contributed by atoms with Gasteiger partial charge in [-0.05, 0) is 38.2 Å². The number of nitro groups is 1. The third-order valence-electron chi connectivity index (χ3n) is 2.46. The van der Waals surface area contributed by atoms with Crippen molar-refractivity contribution >= 4 is 28.7 Å². The standard InChI is InChI=1S/C13H17N3O2S/c1-4-15(9-10(2)3)13(19)14-11-5-7-12(8-6-11)16(17)18/h5-8H,2,4,9H2,1,3H3,(H,14,19). The van der Waals surface area contributed by atoms with Crippen molar-refractivity contribution < 1.29 is 4.92 Å². The van der Waals surface area contributed by atoms with Gasteiger partial charge in [-0.2, -0.15) is 0 Å². The van der Waals surface area contributed by atoms with E-state index < -0.39 is 4.92 Å². The summed E-state index contributed by atoms with van der Waals surface area (Å²) in [4.78, 5) is 12.1. The lowest BCUT2D eigenvalue weighted by molar-refractivity contribution is -0.384. The number of thiocarbonyl (C=S) groups is 1. The number of nitrogens with one attached hydrogen (secondary N) is 1. The number of hydrogen-bond acceptors (Lipinski definition) is 3. The molecule has 0 aliphatic heterocycles. The predicted molar refractivity (Wildman–Crippen MR) is 81.4 cm³/mol. The molecule has 0 saturated heterocycles. The Morgan fingerprint density at radius 1 is 1.47 bits per heavy atom. The molecule has 0 bridgehead atoms. The van der Waals surface area contributed by atoms with Crippen LogP contribution in [0.25, 0.3) is 0 Å². The summed E-state index contributed by atoms with van der Waals surface area (Å²) < 4.78 is 0. The Hall–Kier alpha value is -1.95. The Bertz CT molecular complexity index is 485. The second-order valence-corrected chi connectivity index (χ2v) is 4.59. The Morgan fingerprint density at radius 3 is 2.47 bits per heavy atom. The lowest BCUT2D eigenvalue weighted by Gasteiger charge is -2.24. The van der Waals surface area contributed by atoms with Crippen molar-refractivity contribution in [1.82, 2.24) is 4.90 Å². The largest absolute Gasteiger partial charge is 0.345 e. The number of likely N-dealkylation sites (N-methyl/N-ethyl adjacent to an activating group) is 1. The third-order valence-corrected chi connectivity index (χ3v) is 2.82. The summed E-state index contributed by atoms with van der Waals surface area (Å²) in [5.74, 6) is 0. The highest BCUT2D eigenvalue weighted by atomic mass is 32.1. The Kier molecular flexibility index (Phi) is 5.44. The second kappa shape index (κ2) is 6.84. The van der Waals surface area contributed by atoms with Gasteiger partial charge in [0.1, 0.15) is 0 Å². The summed E-state index contributed by atoms with van der Waals surface area (Å²) in [6.07, 6.45) is 0. The minimum atomic E-state index is -0.429. The molecular formula is C13H17N3O2S. The van der Waals surface area contributed by atoms with Crippen molar-refractivity contribution in [2.75, 3.05) is 18.4 Å². The summed E-state index contributed by atoms with van der Waals surface area (Å²) in [6.45, 7) is 9.27. The summed E-state index contributed by atoms with van der Waals surface area (Å²) >= 11 is 5.30. The number of hydrogen-bond donors (Lipinski definition) is 1. The van der Waals surface area contributed by atoms with Crippen LogP contribution in [0, 0.1) is 10.1 Å². The van der Waals surface area contributed by atoms with E-state index in [0.29, 0.717) is 11.7 Å². The van der Waals surface area contributed by atoms with Crippen LogP contribution in [0.5, 0.6) is 0 Å². The first kappa shape index (κ1) is 15.1. The normalized spacial score (nSPS) is 9.79. The van der Waals surface area contributed by atoms with Crippen molar-refractivity contribution in [3.63, 3.8) is 0 Å². The number of nitrogens with zero attached hydrogens (tertiary/aromatic N) is 2. The maximum atomic E-state index is 10.6. The molecule has 0 heterocycles. The Morgan fingerprint density at radius 2 is 2.05 bits per heavy atom. The molecule has 0 aliphatic carbocycles. The smallest absolute Gasteiger partial charge is 0.269 e. The molecule has 5 nitrogen and oxygen atoms in total. The lowest BCUT2D eigenvalue weighted by Crippen LogP contribution is -2.35. The van der Waals surface area contributed by atoms with Gasteiger partial charge in [0.2, 0.25) is 0 Å². The van der Waals surface area contributed by atoms with Gasteiger partial charge in [0.25, 0.3) is 5.69 Å². The summed E-state index contributed by atoms with van der Waals surface area (Å²) in [6, 6.07) is 6.16. The first-order chi connectivity index (χ1) is 8.93. The molecule has 1 aromatic carbocycles. The van der Waals surface area contributed by atoms with E-state index >= 15 is 0 Å². The van der Waals surface area contributed by atoms with Crippen molar-refractivity contribution in [1.29, 1.82) is 0 Å². The van der Waals surface area contributed by atoms with E-state index in [1.165, 1.54) is 12.1 Å². The highest BCUT2D eigenvalue weighted by Crippen LogP contribution is 2.16. The van der Waals surface area contributed by atoms with Crippen LogP contribution >= 0.6 is 12.2 Å². The van der Waals surface area contributed by atoms with E-state index in [0.717, 1.165) is 17.8 Å². The molecule has 0 radical (unpaired) electrons. The van der Waals surface area contributed by atoms with Gasteiger partial charge in [-0.1, -0.05) is 12.2 Å². The van der Waals surface area contributed by atoms with Gasteiger partial charge in [-0.15, -0.1) is 0 Å². The second-order valence-electron chi connectivity index (χ2n) is 4.21. The fourth-order valence-electron chi connectivity index (χ4n) is 1.52. The molecular weight excluding hydrogens is 262 g/mol. The van der Waals surface area contributed by atoms with Crippen molar-refractivity contribution in [3.05, 3.63) is 46.5 Å². The molecule has 0 atom stereocenters. The van der Waals surface area contributed by atoms with Crippen LogP contribution in [-0.2, 0) is 0 Å². The average molecular weight is 279 g/mol. The quantitative estimate of drug-likeness (QED) is 0.388. The first-order valence-corrected chi connectivity index (χ1v) is 6.29. The van der Waals surface area contributed by atoms with Crippen LogP contribution in [0.4, 0.5) is 11.4 Å². The molecule has 1 N–H and O–H groups in total. The highest BCUT2D eigenvalue weighted by Gasteiger charge is 2.09. The maximum absolute atomic E-state index is 10.6. The Balaban J connectivity index is 2.70. The summed E-state index contributed by atoms with van der Waals surface area (Å²) in [5, 5.41) is 14.2. The van der Waals surface area contributed by atoms with Gasteiger partial charge in [-0.3, -0.25) is 10.1 Å². The van der Waals surface area contributed by atoms with E-state index in [1.54, 1.807) is 12.1 Å². The van der Waals surface area contributed by atoms with Crippen molar-refractivity contribution in [2.45, 2.75) is 13.8 Å². The van der Waals surface area contributed by atoms with E-state index in [2.05, 4.69) is 11.9 Å². The zero-order valence-electron chi connectivity index (χ0n) is 11.0. The van der Waals surface area contributed by atoms with Gasteiger partial charge in [0, 0.05) is 30.9 Å². The molecule has 0 amide bonds. The number of benzene rings is 1. The van der Waals surface area contributed by atoms with Crippen LogP contribution < -0.4 is 5.32 Å². The van der Waals surface area contributed by atoms with Crippen LogP contribution in [-0.4, -0.2) is 28.0 Å². The molecule has 0 aliphatic rings. The van der Waals surface area contributed by atoms with Crippen LogP contribution in [0.15, 0.2) is 36.4 Å². The van der Waals surface area contributed by atoms with E-state index in [4.69, 9.17) is 12.2 Å². The fourth-order valence-corrected chi connectivity index (χ4v) is 1.83. The number of nitro benzene ring substituents is 1. The molecule has 0 unspecified atom stereocenters. The van der Waals surface area contributed by atoms with Gasteiger partial charge in [-0.25, -0.2) is 0 Å². The Labute approximate surface area is 118 Å². The van der Waals surface area contributed by atoms with E-state index in [-0.39, 0.29) is 5.69 Å². The molecule has 1 aromatic rings. The van der Waals surface area contributed by atoms with Gasteiger partial charge >= 0.3 is 0 Å². The van der Waals surface area contributed by atoms with E-state index in [1.807, 2.05) is 18.7 Å². The number of non-ortho nitro benzene ring substituents is 1. The number of rotatable bonds is 5. The molecule has 0 fully saturated rings. The minimum Gasteiger partial charge on any atom is -0.345 e. The summed E-state index contributed by atoms with van der Waals surface area (Å²) in [5.41, 5.74) is 1.82. The first-order valence-electron chi connectivity index (χ1n) is 5.88. The predicted octanol–water partition coefficient (Wildman–Crippen LogP) is 3.19. The molecule has 6 heteroatoms. The zero-order chi connectivity index (χ0) is 14.4. The number of anilines is 1. The lowest BCUT2D eigenvalue weighted by atomic mass is 10.3. The molecule has 19 heavy (non-hydrogen) atoms. The van der Waals surface area contributed by atoms with Gasteiger partial charge in [0.05, 0.1) is 4.92 Å². The van der Waals surface area contributed by atoms with Crippen LogP contribution in [0.2, 0.25) is 0 Å². The molecule has 0 aromatic heterocycles. The molecule has 0 saturated carbocycles. The van der Waals surface area contributed by atoms with Crippen LogP contribution in [0.1, 0.15) is 13.8 Å². The average Bonchev–Trinajstić information content (AvgIpc) is 2.36. The van der Waals surface area contributed by atoms with E-state index in [9.17, 15) is 10.1 Å². The maximum Gasteiger partial charge on any atom is 0.269 e. The monoisotopic (exact) mass is 279 g/mol. The van der Waals surface area contributed by atoms with Crippen LogP contribution in [0.3, 0.4) is 0 Å². The van der Waals surface area contributed by atoms with Gasteiger partial charge in [0.15, 0.2) is 5.11 Å². The molecule has 0 spiro atoms. The highest BCUT2D eigenvalue weighted by molar-refractivity contribution is 7.80. The van der Waals surface area contributed by atoms with Crippen molar-refractivity contribution in [3.8, 4) is 0 Å². The molecule has 1 rings (SSSR count).